The molecule has 1 aromatic carbocycles. The summed E-state index contributed by atoms with van der Waals surface area (Å²) in [4.78, 5) is 11.7. The van der Waals surface area contributed by atoms with Gasteiger partial charge in [0.1, 0.15) is 5.82 Å². The van der Waals surface area contributed by atoms with E-state index in [1.54, 1.807) is 13.0 Å². The number of esters is 1. The van der Waals surface area contributed by atoms with E-state index in [2.05, 4.69) is 4.74 Å². The van der Waals surface area contributed by atoms with Gasteiger partial charge in [0.25, 0.3) is 0 Å². The van der Waals surface area contributed by atoms with Gasteiger partial charge in [-0.1, -0.05) is 0 Å². The number of hydrogen-bond donors (Lipinski definition) is 1. The van der Waals surface area contributed by atoms with Crippen molar-refractivity contribution in [2.75, 3.05) is 12.9 Å². The van der Waals surface area contributed by atoms with Gasteiger partial charge in [-0.05, 0) is 30.7 Å². The third-order valence-corrected chi connectivity index (χ3v) is 3.30. The summed E-state index contributed by atoms with van der Waals surface area (Å²) in [5.74, 6) is -0.116. The summed E-state index contributed by atoms with van der Waals surface area (Å²) in [6.07, 6.45) is -0.441. The van der Waals surface area contributed by atoms with Crippen LogP contribution in [0.3, 0.4) is 0 Å². The number of benzene rings is 1. The third-order valence-electron chi connectivity index (χ3n) is 2.21. The van der Waals surface area contributed by atoms with Crippen molar-refractivity contribution in [1.29, 1.82) is 0 Å². The summed E-state index contributed by atoms with van der Waals surface area (Å²) >= 11 is 1.40. The molecule has 1 rings (SSSR count). The van der Waals surface area contributed by atoms with Gasteiger partial charge < -0.3 is 9.84 Å². The Kier molecular flexibility index (Phi) is 5.44. The quantitative estimate of drug-likeness (QED) is 0.651. The van der Waals surface area contributed by atoms with E-state index in [0.29, 0.717) is 11.3 Å². The van der Waals surface area contributed by atoms with Crippen LogP contribution in [0.4, 0.5) is 4.39 Å². The minimum Gasteiger partial charge on any atom is -0.469 e. The number of carbonyl (C=O) groups excluding carboxylic acids is 1. The van der Waals surface area contributed by atoms with Crippen molar-refractivity contribution in [2.45, 2.75) is 24.3 Å². The maximum Gasteiger partial charge on any atom is 0.306 e. The Morgan fingerprint density at radius 1 is 1.59 bits per heavy atom. The van der Waals surface area contributed by atoms with E-state index >= 15 is 0 Å². The first-order chi connectivity index (χ1) is 8.04. The topological polar surface area (TPSA) is 46.5 Å². The number of carbonyl (C=O) groups is 1. The van der Waals surface area contributed by atoms with Crippen molar-refractivity contribution in [3.8, 4) is 0 Å². The predicted octanol–water partition coefficient (Wildman–Crippen LogP) is 2.53. The molecule has 0 bridgehead atoms. The number of methoxy groups -OCH3 is 1. The Labute approximate surface area is 104 Å². The Morgan fingerprint density at radius 2 is 2.29 bits per heavy atom. The maximum absolute atomic E-state index is 13.0. The molecular formula is C12H15FO3S. The lowest BCUT2D eigenvalue weighted by molar-refractivity contribution is -0.140. The molecule has 0 amide bonds. The smallest absolute Gasteiger partial charge is 0.306 e. The van der Waals surface area contributed by atoms with Crippen molar-refractivity contribution in [3.05, 3.63) is 29.6 Å². The Balaban J connectivity index is 2.67. The molecule has 0 saturated heterocycles. The van der Waals surface area contributed by atoms with Crippen LogP contribution in [0.15, 0.2) is 23.1 Å². The molecule has 0 aromatic heterocycles. The third kappa shape index (κ3) is 4.36. The largest absolute Gasteiger partial charge is 0.469 e. The molecule has 1 unspecified atom stereocenters. The lowest BCUT2D eigenvalue weighted by Crippen LogP contribution is -2.02. The molecule has 94 valence electrons. The molecule has 17 heavy (non-hydrogen) atoms. The van der Waals surface area contributed by atoms with E-state index in [0.717, 1.165) is 4.90 Å². The Hall–Kier alpha value is -1.07. The zero-order valence-electron chi connectivity index (χ0n) is 9.77. The number of rotatable bonds is 5. The van der Waals surface area contributed by atoms with E-state index in [9.17, 15) is 14.3 Å². The standard InChI is InChI=1S/C12H15FO3S/c1-8(14)10-7-9(13)3-4-11(10)17-6-5-12(15)16-2/h3-4,7-8,14H,5-6H2,1-2H3. The van der Waals surface area contributed by atoms with Gasteiger partial charge in [0.05, 0.1) is 19.6 Å². The first-order valence-corrected chi connectivity index (χ1v) is 6.20. The highest BCUT2D eigenvalue weighted by Gasteiger charge is 2.10. The molecule has 1 atom stereocenters. The summed E-state index contributed by atoms with van der Waals surface area (Å²) in [6.45, 7) is 1.58. The zero-order valence-corrected chi connectivity index (χ0v) is 10.6. The van der Waals surface area contributed by atoms with Crippen LogP contribution in [0, 0.1) is 5.82 Å². The van der Waals surface area contributed by atoms with Crippen LogP contribution in [-0.4, -0.2) is 23.9 Å². The van der Waals surface area contributed by atoms with Crippen LogP contribution in [0.5, 0.6) is 0 Å². The van der Waals surface area contributed by atoms with Gasteiger partial charge in [-0.2, -0.15) is 0 Å². The average Bonchev–Trinajstić information content (AvgIpc) is 2.30. The molecule has 0 aliphatic heterocycles. The first-order valence-electron chi connectivity index (χ1n) is 5.21. The molecule has 1 N–H and O–H groups in total. The fourth-order valence-corrected chi connectivity index (χ4v) is 2.37. The molecule has 5 heteroatoms. The SMILES string of the molecule is COC(=O)CCSc1ccc(F)cc1C(C)O. The zero-order chi connectivity index (χ0) is 12.8. The molecule has 0 radical (unpaired) electrons. The van der Waals surface area contributed by atoms with Crippen molar-refractivity contribution < 1.29 is 19.0 Å². The van der Waals surface area contributed by atoms with Crippen molar-refractivity contribution in [3.63, 3.8) is 0 Å². The highest BCUT2D eigenvalue weighted by atomic mass is 32.2. The van der Waals surface area contributed by atoms with E-state index < -0.39 is 6.10 Å². The highest BCUT2D eigenvalue weighted by molar-refractivity contribution is 7.99. The monoisotopic (exact) mass is 258 g/mol. The number of halogens is 1. The van der Waals surface area contributed by atoms with Crippen LogP contribution in [0.1, 0.15) is 25.0 Å². The lowest BCUT2D eigenvalue weighted by atomic mass is 10.1. The molecule has 0 aliphatic rings. The second-order valence-corrected chi connectivity index (χ2v) is 4.67. The van der Waals surface area contributed by atoms with Crippen molar-refractivity contribution in [2.24, 2.45) is 0 Å². The van der Waals surface area contributed by atoms with Gasteiger partial charge in [0.2, 0.25) is 0 Å². The van der Waals surface area contributed by atoms with Crippen LogP contribution < -0.4 is 0 Å². The van der Waals surface area contributed by atoms with E-state index in [4.69, 9.17) is 0 Å². The number of hydrogen-bond acceptors (Lipinski definition) is 4. The van der Waals surface area contributed by atoms with Gasteiger partial charge in [0.15, 0.2) is 0 Å². The van der Waals surface area contributed by atoms with Gasteiger partial charge in [-0.25, -0.2) is 4.39 Å². The summed E-state index contributed by atoms with van der Waals surface area (Å²) in [5.41, 5.74) is 0.542. The van der Waals surface area contributed by atoms with E-state index in [-0.39, 0.29) is 18.2 Å². The van der Waals surface area contributed by atoms with Gasteiger partial charge in [-0.15, -0.1) is 11.8 Å². The number of aliphatic hydroxyl groups is 1. The Bertz CT molecular complexity index is 393. The fraction of sp³-hybridized carbons (Fsp3) is 0.417. The first kappa shape index (κ1) is 14.0. The molecular weight excluding hydrogens is 243 g/mol. The maximum atomic E-state index is 13.0. The van der Waals surface area contributed by atoms with Gasteiger partial charge >= 0.3 is 5.97 Å². The number of thioether (sulfide) groups is 1. The summed E-state index contributed by atoms with van der Waals surface area (Å²) in [6, 6.07) is 4.26. The van der Waals surface area contributed by atoms with Crippen molar-refractivity contribution >= 4 is 17.7 Å². The molecule has 0 aliphatic carbocycles. The second kappa shape index (κ2) is 6.61. The average molecular weight is 258 g/mol. The van der Waals surface area contributed by atoms with E-state index in [1.165, 1.54) is 31.0 Å². The molecule has 0 fully saturated rings. The molecule has 0 saturated carbocycles. The molecule has 3 nitrogen and oxygen atoms in total. The minimum atomic E-state index is -0.730. The molecule has 0 heterocycles. The minimum absolute atomic E-state index is 0.279. The Morgan fingerprint density at radius 3 is 2.88 bits per heavy atom. The predicted molar refractivity (Wildman–Crippen MR) is 64.4 cm³/mol. The van der Waals surface area contributed by atoms with E-state index in [1.807, 2.05) is 0 Å². The second-order valence-electron chi connectivity index (χ2n) is 3.53. The highest BCUT2D eigenvalue weighted by Crippen LogP contribution is 2.28. The van der Waals surface area contributed by atoms with Crippen LogP contribution in [0.25, 0.3) is 0 Å². The normalized spacial score (nSPS) is 12.2. The summed E-state index contributed by atoms with van der Waals surface area (Å²) in [7, 11) is 1.34. The van der Waals surface area contributed by atoms with Gasteiger partial charge in [-0.3, -0.25) is 4.79 Å². The summed E-state index contributed by atoms with van der Waals surface area (Å²) < 4.78 is 17.5. The number of ether oxygens (including phenoxy) is 1. The number of aliphatic hydroxyl groups excluding tert-OH is 1. The van der Waals surface area contributed by atoms with Crippen LogP contribution in [0.2, 0.25) is 0 Å². The van der Waals surface area contributed by atoms with Crippen LogP contribution in [-0.2, 0) is 9.53 Å². The lowest BCUT2D eigenvalue weighted by Gasteiger charge is -2.11. The van der Waals surface area contributed by atoms with Crippen LogP contribution >= 0.6 is 11.8 Å². The fourth-order valence-electron chi connectivity index (χ4n) is 1.32. The summed E-state index contributed by atoms with van der Waals surface area (Å²) in [5, 5.41) is 9.51. The van der Waals surface area contributed by atoms with Crippen molar-refractivity contribution in [1.82, 2.24) is 0 Å². The molecule has 1 aromatic rings. The molecule has 0 spiro atoms. The van der Waals surface area contributed by atoms with Gasteiger partial charge in [0, 0.05) is 10.6 Å².